The molecule has 0 unspecified atom stereocenters. The zero-order valence-electron chi connectivity index (χ0n) is 14.3. The van der Waals surface area contributed by atoms with E-state index in [1.165, 1.54) is 9.79 Å². The minimum absolute atomic E-state index is 0.304. The van der Waals surface area contributed by atoms with E-state index in [-0.39, 0.29) is 9.49 Å². The third kappa shape index (κ3) is 1.65. The summed E-state index contributed by atoms with van der Waals surface area (Å²) < 4.78 is -0.609. The SMILES string of the molecule is C[C@@]12Sc3ccccc3C1=C(C#N)C(C#N)=C1c3ccccc3S[C@]12C. The van der Waals surface area contributed by atoms with Crippen molar-refractivity contribution in [3.63, 3.8) is 0 Å². The molecule has 2 aliphatic heterocycles. The number of thioether (sulfide) groups is 2. The Morgan fingerprint density at radius 1 is 0.692 bits per heavy atom. The molecule has 0 fully saturated rings. The predicted octanol–water partition coefficient (Wildman–Crippen LogP) is 5.68. The lowest BCUT2D eigenvalue weighted by Crippen LogP contribution is -2.46. The quantitative estimate of drug-likeness (QED) is 0.598. The average Bonchev–Trinajstić information content (AvgIpc) is 3.13. The maximum absolute atomic E-state index is 10.0. The molecule has 2 aromatic carbocycles. The fraction of sp³-hybridized carbons (Fsp3) is 0.182. The summed E-state index contributed by atoms with van der Waals surface area (Å²) in [5, 5.41) is 20.0. The summed E-state index contributed by atoms with van der Waals surface area (Å²) in [5.41, 5.74) is 5.31. The monoisotopic (exact) mass is 370 g/mol. The molecule has 2 heterocycles. The van der Waals surface area contributed by atoms with Crippen LogP contribution < -0.4 is 0 Å². The van der Waals surface area contributed by atoms with Crippen LogP contribution in [0.5, 0.6) is 0 Å². The summed E-state index contributed by atoms with van der Waals surface area (Å²) >= 11 is 3.65. The maximum atomic E-state index is 10.0. The van der Waals surface area contributed by atoms with Crippen molar-refractivity contribution >= 4 is 34.7 Å². The molecule has 2 atom stereocenters. The molecule has 4 heteroatoms. The highest BCUT2D eigenvalue weighted by molar-refractivity contribution is 8.06. The Balaban J connectivity index is 1.94. The van der Waals surface area contributed by atoms with Gasteiger partial charge in [0.25, 0.3) is 0 Å². The van der Waals surface area contributed by atoms with Crippen LogP contribution in [0.1, 0.15) is 25.0 Å². The second-order valence-electron chi connectivity index (χ2n) is 6.99. The molecule has 0 amide bonds. The van der Waals surface area contributed by atoms with Gasteiger partial charge >= 0.3 is 0 Å². The number of nitrogens with zero attached hydrogens (tertiary/aromatic N) is 2. The van der Waals surface area contributed by atoms with Crippen molar-refractivity contribution in [3.05, 3.63) is 70.8 Å². The van der Waals surface area contributed by atoms with Gasteiger partial charge in [-0.15, -0.1) is 23.5 Å². The Labute approximate surface area is 161 Å². The van der Waals surface area contributed by atoms with Crippen LogP contribution in [0.25, 0.3) is 11.1 Å². The molecule has 1 aliphatic carbocycles. The highest BCUT2D eigenvalue weighted by Gasteiger charge is 2.61. The summed E-state index contributed by atoms with van der Waals surface area (Å²) in [7, 11) is 0. The number of hydrogen-bond acceptors (Lipinski definition) is 4. The molecule has 2 nitrogen and oxygen atoms in total. The number of hydrogen-bond donors (Lipinski definition) is 0. The van der Waals surface area contributed by atoms with Crippen LogP contribution in [0, 0.1) is 22.7 Å². The van der Waals surface area contributed by atoms with Gasteiger partial charge in [0.1, 0.15) is 12.1 Å². The van der Waals surface area contributed by atoms with Gasteiger partial charge in [-0.25, -0.2) is 0 Å². The first-order chi connectivity index (χ1) is 12.5. The molecule has 0 radical (unpaired) electrons. The van der Waals surface area contributed by atoms with E-state index in [4.69, 9.17) is 0 Å². The number of benzene rings is 2. The van der Waals surface area contributed by atoms with E-state index in [1.807, 2.05) is 47.8 Å². The van der Waals surface area contributed by atoms with Crippen molar-refractivity contribution in [2.75, 3.05) is 0 Å². The Kier molecular flexibility index (Phi) is 3.09. The first-order valence-corrected chi connectivity index (χ1v) is 10.1. The minimum atomic E-state index is -0.304. The van der Waals surface area contributed by atoms with Crippen LogP contribution >= 0.6 is 23.5 Å². The highest BCUT2D eigenvalue weighted by Crippen LogP contribution is 2.71. The van der Waals surface area contributed by atoms with E-state index in [0.717, 1.165) is 22.3 Å². The van der Waals surface area contributed by atoms with Gasteiger partial charge in [0.15, 0.2) is 0 Å². The Hall–Kier alpha value is -2.40. The maximum Gasteiger partial charge on any atom is 0.101 e. The fourth-order valence-corrected chi connectivity index (χ4v) is 7.68. The van der Waals surface area contributed by atoms with E-state index in [9.17, 15) is 10.5 Å². The molecule has 26 heavy (non-hydrogen) atoms. The van der Waals surface area contributed by atoms with Gasteiger partial charge in [-0.1, -0.05) is 36.4 Å². The summed E-state index contributed by atoms with van der Waals surface area (Å²) in [4.78, 5) is 2.38. The van der Waals surface area contributed by atoms with E-state index in [1.54, 1.807) is 0 Å². The Bertz CT molecular complexity index is 1050. The van der Waals surface area contributed by atoms with Crippen molar-refractivity contribution < 1.29 is 0 Å². The molecule has 2 aromatic rings. The van der Waals surface area contributed by atoms with Crippen LogP contribution in [-0.4, -0.2) is 9.49 Å². The van der Waals surface area contributed by atoms with Crippen molar-refractivity contribution in [1.29, 1.82) is 10.5 Å². The van der Waals surface area contributed by atoms with Crippen LogP contribution in [0.3, 0.4) is 0 Å². The second kappa shape index (κ2) is 5.07. The van der Waals surface area contributed by atoms with Gasteiger partial charge in [0.05, 0.1) is 20.6 Å². The minimum Gasteiger partial charge on any atom is -0.192 e. The molecule has 0 saturated carbocycles. The Morgan fingerprint density at radius 3 is 1.46 bits per heavy atom. The molecule has 0 saturated heterocycles. The van der Waals surface area contributed by atoms with E-state index >= 15 is 0 Å². The topological polar surface area (TPSA) is 47.6 Å². The predicted molar refractivity (Wildman–Crippen MR) is 106 cm³/mol. The molecular weight excluding hydrogens is 356 g/mol. The Morgan fingerprint density at radius 2 is 1.08 bits per heavy atom. The van der Waals surface area contributed by atoms with Crippen LogP contribution in [0.4, 0.5) is 0 Å². The van der Waals surface area contributed by atoms with Gasteiger partial charge in [-0.3, -0.25) is 0 Å². The van der Waals surface area contributed by atoms with E-state index in [2.05, 4.69) is 50.3 Å². The normalized spacial score (nSPS) is 28.0. The lowest BCUT2D eigenvalue weighted by Gasteiger charge is -2.45. The molecular formula is C22H14N2S2. The second-order valence-corrected chi connectivity index (χ2v) is 9.91. The highest BCUT2D eigenvalue weighted by atomic mass is 32.2. The fourth-order valence-electron chi connectivity index (χ4n) is 4.47. The molecule has 0 bridgehead atoms. The summed E-state index contributed by atoms with van der Waals surface area (Å²) in [6, 6.07) is 21.3. The molecule has 0 spiro atoms. The van der Waals surface area contributed by atoms with Gasteiger partial charge < -0.3 is 0 Å². The summed E-state index contributed by atoms with van der Waals surface area (Å²) in [6.07, 6.45) is 0. The van der Waals surface area contributed by atoms with Gasteiger partial charge in [-0.05, 0) is 48.3 Å². The lowest BCUT2D eigenvalue weighted by atomic mass is 9.69. The molecule has 3 aliphatic rings. The van der Waals surface area contributed by atoms with Crippen molar-refractivity contribution in [1.82, 2.24) is 0 Å². The third-order valence-electron chi connectivity index (χ3n) is 5.78. The van der Waals surface area contributed by atoms with Gasteiger partial charge in [0, 0.05) is 9.79 Å². The zero-order valence-corrected chi connectivity index (χ0v) is 16.0. The van der Waals surface area contributed by atoms with E-state index < -0.39 is 0 Å². The van der Waals surface area contributed by atoms with Gasteiger partial charge in [-0.2, -0.15) is 10.5 Å². The number of nitriles is 2. The number of fused-ring (bicyclic) bond motifs is 7. The number of allylic oxidation sites excluding steroid dienone is 2. The molecule has 0 aromatic heterocycles. The van der Waals surface area contributed by atoms with Gasteiger partial charge in [0.2, 0.25) is 0 Å². The van der Waals surface area contributed by atoms with Crippen LogP contribution in [-0.2, 0) is 0 Å². The first kappa shape index (κ1) is 15.8. The van der Waals surface area contributed by atoms with Crippen LogP contribution in [0.2, 0.25) is 0 Å². The molecule has 0 N–H and O–H groups in total. The van der Waals surface area contributed by atoms with Crippen molar-refractivity contribution in [3.8, 4) is 12.1 Å². The third-order valence-corrected chi connectivity index (χ3v) is 9.10. The van der Waals surface area contributed by atoms with Crippen LogP contribution in [0.15, 0.2) is 69.5 Å². The molecule has 124 valence electrons. The number of rotatable bonds is 0. The average molecular weight is 371 g/mol. The standard InChI is InChI=1S/C22H14N2S2/c1-21-19(13-7-3-5-9-17(13)25-21)15(11-23)16(12-24)20-14-8-4-6-10-18(14)26-22(20,21)2/h3-10H,1-2H3/t21-,22-/m1/s1. The molecule has 5 rings (SSSR count). The summed E-state index contributed by atoms with van der Waals surface area (Å²) in [6.45, 7) is 4.47. The van der Waals surface area contributed by atoms with E-state index in [0.29, 0.717) is 11.1 Å². The lowest BCUT2D eigenvalue weighted by molar-refractivity contribution is 0.689. The first-order valence-electron chi connectivity index (χ1n) is 8.42. The largest absolute Gasteiger partial charge is 0.192 e. The van der Waals surface area contributed by atoms with Crippen molar-refractivity contribution in [2.45, 2.75) is 33.1 Å². The summed E-state index contributed by atoms with van der Waals surface area (Å²) in [5.74, 6) is 0. The van der Waals surface area contributed by atoms with Crippen molar-refractivity contribution in [2.24, 2.45) is 0 Å². The zero-order chi connectivity index (χ0) is 18.1. The smallest absolute Gasteiger partial charge is 0.101 e.